The summed E-state index contributed by atoms with van der Waals surface area (Å²) in [4.78, 5) is 4.95. The van der Waals surface area contributed by atoms with Crippen LogP contribution >= 0.6 is 0 Å². The molecule has 1 heterocycles. The van der Waals surface area contributed by atoms with E-state index in [0.717, 1.165) is 29.1 Å². The molecule has 0 bridgehead atoms. The minimum atomic E-state index is 0.790. The Morgan fingerprint density at radius 2 is 1.60 bits per heavy atom. The third-order valence-electron chi connectivity index (χ3n) is 5.02. The van der Waals surface area contributed by atoms with Gasteiger partial charge in [-0.05, 0) is 67.8 Å². The first-order chi connectivity index (χ1) is 12.1. The maximum atomic E-state index is 5.86. The number of benzene rings is 2. The van der Waals surface area contributed by atoms with E-state index in [0.29, 0.717) is 0 Å². The minimum Gasteiger partial charge on any atom is -0.399 e. The number of nitrogen functional groups attached to an aromatic ring is 1. The molecule has 0 amide bonds. The topological polar surface area (TPSA) is 43.8 Å². The molecule has 3 heteroatoms. The summed E-state index contributed by atoms with van der Waals surface area (Å²) >= 11 is 0. The number of imidazole rings is 1. The van der Waals surface area contributed by atoms with Crippen LogP contribution in [-0.4, -0.2) is 9.55 Å². The monoisotopic (exact) mass is 335 g/mol. The highest BCUT2D eigenvalue weighted by molar-refractivity contribution is 5.82. The van der Waals surface area contributed by atoms with E-state index in [1.165, 1.54) is 48.7 Å². The summed E-state index contributed by atoms with van der Waals surface area (Å²) < 4.78 is 2.39. The van der Waals surface area contributed by atoms with Crippen LogP contribution in [0, 0.1) is 13.8 Å². The average molecular weight is 335 g/mol. The molecular formula is C22H29N3. The molecule has 0 aliphatic carbocycles. The fraction of sp³-hybridized carbons (Fsp3) is 0.409. The average Bonchev–Trinajstić information content (AvgIpc) is 2.93. The fourth-order valence-corrected chi connectivity index (χ4v) is 3.33. The van der Waals surface area contributed by atoms with Gasteiger partial charge in [0, 0.05) is 17.8 Å². The van der Waals surface area contributed by atoms with Crippen LogP contribution in [0.25, 0.3) is 22.4 Å². The van der Waals surface area contributed by atoms with Gasteiger partial charge in [-0.1, -0.05) is 32.6 Å². The van der Waals surface area contributed by atoms with Crippen molar-refractivity contribution < 1.29 is 0 Å². The highest BCUT2D eigenvalue weighted by Crippen LogP contribution is 2.28. The Labute approximate surface area is 150 Å². The molecule has 0 radical (unpaired) electrons. The Morgan fingerprint density at radius 1 is 0.920 bits per heavy atom. The third kappa shape index (κ3) is 3.87. The number of anilines is 1. The second kappa shape index (κ2) is 7.73. The summed E-state index contributed by atoms with van der Waals surface area (Å²) in [6.07, 6.45) is 6.40. The molecule has 0 unspecified atom stereocenters. The molecular weight excluding hydrogens is 306 g/mol. The molecule has 2 aromatic carbocycles. The Kier molecular flexibility index (Phi) is 5.42. The van der Waals surface area contributed by atoms with E-state index in [1.807, 2.05) is 12.1 Å². The summed E-state index contributed by atoms with van der Waals surface area (Å²) in [5.74, 6) is 1.05. The van der Waals surface area contributed by atoms with E-state index in [2.05, 4.69) is 49.6 Å². The smallest absolute Gasteiger partial charge is 0.141 e. The largest absolute Gasteiger partial charge is 0.399 e. The summed E-state index contributed by atoms with van der Waals surface area (Å²) in [5, 5.41) is 0. The van der Waals surface area contributed by atoms with E-state index in [9.17, 15) is 0 Å². The number of unbranched alkanes of at least 4 members (excludes halogenated alkanes) is 4. The number of nitrogens with zero attached hydrogens (tertiary/aromatic N) is 2. The lowest BCUT2D eigenvalue weighted by molar-refractivity contribution is 0.578. The summed E-state index contributed by atoms with van der Waals surface area (Å²) in [7, 11) is 0. The second-order valence-corrected chi connectivity index (χ2v) is 7.05. The summed E-state index contributed by atoms with van der Waals surface area (Å²) in [5.41, 5.74) is 12.7. The van der Waals surface area contributed by atoms with E-state index < -0.39 is 0 Å². The zero-order valence-electron chi connectivity index (χ0n) is 15.7. The molecule has 1 aromatic heterocycles. The number of fused-ring (bicyclic) bond motifs is 1. The first-order valence-corrected chi connectivity index (χ1v) is 9.43. The van der Waals surface area contributed by atoms with Crippen molar-refractivity contribution >= 4 is 16.7 Å². The minimum absolute atomic E-state index is 0.790. The van der Waals surface area contributed by atoms with Gasteiger partial charge in [0.2, 0.25) is 0 Å². The van der Waals surface area contributed by atoms with Gasteiger partial charge >= 0.3 is 0 Å². The summed E-state index contributed by atoms with van der Waals surface area (Å²) in [6, 6.07) is 12.5. The van der Waals surface area contributed by atoms with Crippen molar-refractivity contribution in [1.29, 1.82) is 0 Å². The van der Waals surface area contributed by atoms with Crippen LogP contribution in [0.1, 0.15) is 50.2 Å². The van der Waals surface area contributed by atoms with Gasteiger partial charge in [-0.25, -0.2) is 4.98 Å². The van der Waals surface area contributed by atoms with Gasteiger partial charge in [-0.15, -0.1) is 0 Å². The quantitative estimate of drug-likeness (QED) is 0.433. The van der Waals surface area contributed by atoms with Gasteiger partial charge < -0.3 is 10.3 Å². The van der Waals surface area contributed by atoms with Crippen LogP contribution in [0.15, 0.2) is 36.4 Å². The standard InChI is InChI=1S/C22H29N3/c1-4-5-6-7-8-13-25-21-15-17(3)16(2)14-20(21)24-22(25)18-9-11-19(23)12-10-18/h9-12,14-15H,4-8,13,23H2,1-3H3. The fourth-order valence-electron chi connectivity index (χ4n) is 3.33. The first kappa shape index (κ1) is 17.5. The number of rotatable bonds is 7. The van der Waals surface area contributed by atoms with Crippen LogP contribution in [0.4, 0.5) is 5.69 Å². The molecule has 132 valence electrons. The van der Waals surface area contributed by atoms with Crippen molar-refractivity contribution in [3.05, 3.63) is 47.5 Å². The van der Waals surface area contributed by atoms with Crippen molar-refractivity contribution in [3.8, 4) is 11.4 Å². The van der Waals surface area contributed by atoms with Gasteiger partial charge in [-0.2, -0.15) is 0 Å². The van der Waals surface area contributed by atoms with Crippen LogP contribution < -0.4 is 5.73 Å². The SMILES string of the molecule is CCCCCCCn1c(-c2ccc(N)cc2)nc2cc(C)c(C)cc21. The first-order valence-electron chi connectivity index (χ1n) is 9.43. The predicted molar refractivity (Wildman–Crippen MR) is 108 cm³/mol. The van der Waals surface area contributed by atoms with Gasteiger partial charge in [0.05, 0.1) is 11.0 Å². The molecule has 0 spiro atoms. The normalized spacial score (nSPS) is 11.3. The number of nitrogens with two attached hydrogens (primary N) is 1. The van der Waals surface area contributed by atoms with Crippen LogP contribution in [-0.2, 0) is 6.54 Å². The number of aromatic nitrogens is 2. The van der Waals surface area contributed by atoms with Gasteiger partial charge in [0.1, 0.15) is 5.82 Å². The Hall–Kier alpha value is -2.29. The molecule has 3 rings (SSSR count). The van der Waals surface area contributed by atoms with E-state index in [-0.39, 0.29) is 0 Å². The van der Waals surface area contributed by atoms with Crippen molar-refractivity contribution in [2.45, 2.75) is 59.4 Å². The molecule has 25 heavy (non-hydrogen) atoms. The predicted octanol–water partition coefficient (Wildman–Crippen LogP) is 5.87. The molecule has 0 saturated carbocycles. The molecule has 3 aromatic rings. The maximum Gasteiger partial charge on any atom is 0.141 e. The van der Waals surface area contributed by atoms with Gasteiger partial charge in [0.15, 0.2) is 0 Å². The highest BCUT2D eigenvalue weighted by Gasteiger charge is 2.13. The third-order valence-corrected chi connectivity index (χ3v) is 5.02. The number of hydrogen-bond acceptors (Lipinski definition) is 2. The number of hydrogen-bond donors (Lipinski definition) is 1. The molecule has 0 aliphatic heterocycles. The maximum absolute atomic E-state index is 5.86. The molecule has 0 atom stereocenters. The van der Waals surface area contributed by atoms with E-state index in [1.54, 1.807) is 0 Å². The molecule has 0 saturated heterocycles. The van der Waals surface area contributed by atoms with Crippen LogP contribution in [0.3, 0.4) is 0 Å². The van der Waals surface area contributed by atoms with Crippen molar-refractivity contribution in [1.82, 2.24) is 9.55 Å². The molecule has 2 N–H and O–H groups in total. The highest BCUT2D eigenvalue weighted by atomic mass is 15.1. The van der Waals surface area contributed by atoms with Crippen molar-refractivity contribution in [2.75, 3.05) is 5.73 Å². The van der Waals surface area contributed by atoms with Crippen LogP contribution in [0.2, 0.25) is 0 Å². The molecule has 0 aliphatic rings. The van der Waals surface area contributed by atoms with Crippen LogP contribution in [0.5, 0.6) is 0 Å². The molecule has 3 nitrogen and oxygen atoms in total. The van der Waals surface area contributed by atoms with E-state index in [4.69, 9.17) is 10.7 Å². The van der Waals surface area contributed by atoms with Gasteiger partial charge in [-0.3, -0.25) is 0 Å². The Balaban J connectivity index is 1.98. The molecule has 0 fully saturated rings. The lowest BCUT2D eigenvalue weighted by atomic mass is 10.1. The van der Waals surface area contributed by atoms with Gasteiger partial charge in [0.25, 0.3) is 0 Å². The second-order valence-electron chi connectivity index (χ2n) is 7.05. The van der Waals surface area contributed by atoms with Crippen molar-refractivity contribution in [3.63, 3.8) is 0 Å². The Morgan fingerprint density at radius 3 is 2.32 bits per heavy atom. The zero-order valence-corrected chi connectivity index (χ0v) is 15.7. The lowest BCUT2D eigenvalue weighted by Crippen LogP contribution is -2.01. The van der Waals surface area contributed by atoms with E-state index >= 15 is 0 Å². The summed E-state index contributed by atoms with van der Waals surface area (Å²) in [6.45, 7) is 7.60. The van der Waals surface area contributed by atoms with Crippen molar-refractivity contribution in [2.24, 2.45) is 0 Å². The zero-order chi connectivity index (χ0) is 17.8. The number of aryl methyl sites for hydroxylation is 3. The Bertz CT molecular complexity index is 844. The lowest BCUT2D eigenvalue weighted by Gasteiger charge is -2.10.